The van der Waals surface area contributed by atoms with E-state index in [1.54, 1.807) is 7.11 Å². The van der Waals surface area contributed by atoms with Gasteiger partial charge in [-0.3, -0.25) is 10.4 Å². The van der Waals surface area contributed by atoms with Crippen LogP contribution in [0, 0.1) is 5.92 Å². The van der Waals surface area contributed by atoms with E-state index >= 15 is 0 Å². The highest BCUT2D eigenvalue weighted by molar-refractivity contribution is 7.98. The summed E-state index contributed by atoms with van der Waals surface area (Å²) in [5.41, 5.74) is 2.53. The number of hydrogen-bond donors (Lipinski definition) is 3. The standard InChI is InChI=1S/C9H22N4OS/c1-8(7-15-3)6-12-9(13-10)11-4-5-14-2/h8H,4-7,10H2,1-3H3,(H2,11,12,13). The van der Waals surface area contributed by atoms with Gasteiger partial charge >= 0.3 is 0 Å². The fourth-order valence-corrected chi connectivity index (χ4v) is 1.68. The number of guanidine groups is 1. The van der Waals surface area contributed by atoms with E-state index in [0.29, 0.717) is 25.0 Å². The number of aliphatic imine (C=N–C) groups is 1. The van der Waals surface area contributed by atoms with E-state index in [-0.39, 0.29) is 0 Å². The Kier molecular flexibility index (Phi) is 9.76. The molecule has 0 aromatic heterocycles. The molecule has 0 amide bonds. The lowest BCUT2D eigenvalue weighted by Gasteiger charge is -2.10. The molecule has 0 heterocycles. The Hall–Kier alpha value is -0.460. The Labute approximate surface area is 96.2 Å². The molecule has 6 heteroatoms. The molecule has 90 valence electrons. The lowest BCUT2D eigenvalue weighted by atomic mass is 10.2. The van der Waals surface area contributed by atoms with Crippen molar-refractivity contribution >= 4 is 17.7 Å². The van der Waals surface area contributed by atoms with Crippen molar-refractivity contribution in [3.8, 4) is 0 Å². The second-order valence-electron chi connectivity index (χ2n) is 3.31. The number of methoxy groups -OCH3 is 1. The second-order valence-corrected chi connectivity index (χ2v) is 4.22. The summed E-state index contributed by atoms with van der Waals surface area (Å²) in [6, 6.07) is 0. The fourth-order valence-electron chi connectivity index (χ4n) is 1.01. The third-order valence-electron chi connectivity index (χ3n) is 1.75. The van der Waals surface area contributed by atoms with Crippen LogP contribution in [-0.4, -0.2) is 44.8 Å². The summed E-state index contributed by atoms with van der Waals surface area (Å²) >= 11 is 1.83. The van der Waals surface area contributed by atoms with E-state index < -0.39 is 0 Å². The summed E-state index contributed by atoms with van der Waals surface area (Å²) in [7, 11) is 1.66. The van der Waals surface area contributed by atoms with Gasteiger partial charge in [0, 0.05) is 20.2 Å². The molecule has 0 aliphatic heterocycles. The van der Waals surface area contributed by atoms with Crippen molar-refractivity contribution in [3.05, 3.63) is 0 Å². The van der Waals surface area contributed by atoms with E-state index in [1.165, 1.54) is 0 Å². The molecule has 0 rings (SSSR count). The van der Waals surface area contributed by atoms with Gasteiger partial charge in [0.05, 0.1) is 6.61 Å². The first-order chi connectivity index (χ1) is 7.24. The largest absolute Gasteiger partial charge is 0.383 e. The van der Waals surface area contributed by atoms with Gasteiger partial charge in [0.15, 0.2) is 0 Å². The van der Waals surface area contributed by atoms with Gasteiger partial charge in [0.25, 0.3) is 0 Å². The van der Waals surface area contributed by atoms with Crippen LogP contribution in [0.5, 0.6) is 0 Å². The Morgan fingerprint density at radius 1 is 1.60 bits per heavy atom. The molecule has 15 heavy (non-hydrogen) atoms. The molecule has 5 nitrogen and oxygen atoms in total. The fraction of sp³-hybridized carbons (Fsp3) is 0.889. The molecule has 0 saturated heterocycles. The number of hydrogen-bond acceptors (Lipinski definition) is 4. The van der Waals surface area contributed by atoms with Crippen molar-refractivity contribution in [2.24, 2.45) is 16.8 Å². The Bertz CT molecular complexity index is 177. The van der Waals surface area contributed by atoms with Gasteiger partial charge in [-0.15, -0.1) is 0 Å². The molecule has 0 fully saturated rings. The summed E-state index contributed by atoms with van der Waals surface area (Å²) in [4.78, 5) is 4.33. The van der Waals surface area contributed by atoms with E-state index in [1.807, 2.05) is 11.8 Å². The number of ether oxygens (including phenoxy) is 1. The third-order valence-corrected chi connectivity index (χ3v) is 2.65. The van der Waals surface area contributed by atoms with Crippen LogP contribution in [0.25, 0.3) is 0 Å². The first-order valence-corrected chi connectivity index (χ1v) is 6.36. The molecule has 0 spiro atoms. The predicted molar refractivity (Wildman–Crippen MR) is 67.0 cm³/mol. The Morgan fingerprint density at radius 2 is 2.33 bits per heavy atom. The second kappa shape index (κ2) is 10.1. The number of hydrazine groups is 1. The highest BCUT2D eigenvalue weighted by Crippen LogP contribution is 2.03. The quantitative estimate of drug-likeness (QED) is 0.191. The lowest BCUT2D eigenvalue weighted by Crippen LogP contribution is -2.43. The van der Waals surface area contributed by atoms with Gasteiger partial charge in [-0.1, -0.05) is 6.92 Å². The smallest absolute Gasteiger partial charge is 0.205 e. The topological polar surface area (TPSA) is 71.7 Å². The van der Waals surface area contributed by atoms with Crippen LogP contribution in [0.2, 0.25) is 0 Å². The van der Waals surface area contributed by atoms with Crippen LogP contribution >= 0.6 is 11.8 Å². The summed E-state index contributed by atoms with van der Waals surface area (Å²) in [6.07, 6.45) is 2.10. The minimum atomic E-state index is 0.563. The lowest BCUT2D eigenvalue weighted by molar-refractivity contribution is 0.203. The molecular weight excluding hydrogens is 212 g/mol. The molecule has 0 saturated carbocycles. The number of rotatable bonds is 7. The van der Waals surface area contributed by atoms with Gasteiger partial charge in [0.1, 0.15) is 0 Å². The maximum absolute atomic E-state index is 5.33. The number of thioether (sulfide) groups is 1. The van der Waals surface area contributed by atoms with Crippen molar-refractivity contribution in [2.45, 2.75) is 6.92 Å². The molecule has 1 atom stereocenters. The van der Waals surface area contributed by atoms with Gasteiger partial charge in [0.2, 0.25) is 5.96 Å². The normalized spacial score (nSPS) is 13.7. The Balaban J connectivity index is 3.77. The maximum atomic E-state index is 5.33. The number of nitrogens with two attached hydrogens (primary N) is 1. The van der Waals surface area contributed by atoms with Crippen molar-refractivity contribution in [1.29, 1.82) is 0 Å². The molecule has 4 N–H and O–H groups in total. The number of nitrogens with zero attached hydrogens (tertiary/aromatic N) is 1. The summed E-state index contributed by atoms with van der Waals surface area (Å²) < 4.78 is 4.91. The molecule has 0 aromatic carbocycles. The van der Waals surface area contributed by atoms with Crippen molar-refractivity contribution in [2.75, 3.05) is 38.8 Å². The highest BCUT2D eigenvalue weighted by atomic mass is 32.2. The van der Waals surface area contributed by atoms with Crippen LogP contribution in [0.3, 0.4) is 0 Å². The van der Waals surface area contributed by atoms with Gasteiger partial charge in [-0.05, 0) is 17.9 Å². The van der Waals surface area contributed by atoms with Gasteiger partial charge in [-0.2, -0.15) is 11.8 Å². The minimum Gasteiger partial charge on any atom is -0.383 e. The zero-order chi connectivity index (χ0) is 11.5. The molecule has 0 aliphatic rings. The monoisotopic (exact) mass is 234 g/mol. The first kappa shape index (κ1) is 14.5. The third kappa shape index (κ3) is 8.53. The van der Waals surface area contributed by atoms with E-state index in [4.69, 9.17) is 10.6 Å². The first-order valence-electron chi connectivity index (χ1n) is 4.97. The SMILES string of the molecule is COCCNC(=NCC(C)CSC)NN. The van der Waals surface area contributed by atoms with Crippen molar-refractivity contribution in [1.82, 2.24) is 10.7 Å². The maximum Gasteiger partial charge on any atom is 0.205 e. The van der Waals surface area contributed by atoms with Crippen molar-refractivity contribution < 1.29 is 4.74 Å². The molecule has 0 radical (unpaired) electrons. The molecule has 0 aromatic rings. The zero-order valence-electron chi connectivity index (χ0n) is 9.75. The summed E-state index contributed by atoms with van der Waals surface area (Å²) in [5, 5.41) is 3.05. The van der Waals surface area contributed by atoms with Crippen LogP contribution in [0.4, 0.5) is 0 Å². The average molecular weight is 234 g/mol. The highest BCUT2D eigenvalue weighted by Gasteiger charge is 2.00. The van der Waals surface area contributed by atoms with Gasteiger partial charge < -0.3 is 10.1 Å². The van der Waals surface area contributed by atoms with Crippen molar-refractivity contribution in [3.63, 3.8) is 0 Å². The van der Waals surface area contributed by atoms with E-state index in [2.05, 4.69) is 28.9 Å². The van der Waals surface area contributed by atoms with Crippen LogP contribution < -0.4 is 16.6 Å². The molecular formula is C9H22N4OS. The van der Waals surface area contributed by atoms with Crippen LogP contribution in [0.1, 0.15) is 6.92 Å². The average Bonchev–Trinajstić information content (AvgIpc) is 2.23. The number of nitrogens with one attached hydrogen (secondary N) is 2. The van der Waals surface area contributed by atoms with Crippen LogP contribution in [0.15, 0.2) is 4.99 Å². The molecule has 1 unspecified atom stereocenters. The minimum absolute atomic E-state index is 0.563. The zero-order valence-corrected chi connectivity index (χ0v) is 10.6. The molecule has 0 aliphatic carbocycles. The molecule has 0 bridgehead atoms. The van der Waals surface area contributed by atoms with Crippen LogP contribution in [-0.2, 0) is 4.74 Å². The summed E-state index contributed by atoms with van der Waals surface area (Å²) in [5.74, 6) is 7.62. The predicted octanol–water partition coefficient (Wildman–Crippen LogP) is 0.0408. The van der Waals surface area contributed by atoms with E-state index in [9.17, 15) is 0 Å². The van der Waals surface area contributed by atoms with E-state index in [0.717, 1.165) is 12.3 Å². The van der Waals surface area contributed by atoms with Gasteiger partial charge in [-0.25, -0.2) is 5.84 Å². The Morgan fingerprint density at radius 3 is 2.87 bits per heavy atom. The summed E-state index contributed by atoms with van der Waals surface area (Å²) in [6.45, 7) is 4.29.